The highest BCUT2D eigenvalue weighted by molar-refractivity contribution is 5.70. The lowest BCUT2D eigenvalue weighted by Crippen LogP contribution is -2.48. The first-order valence-corrected chi connectivity index (χ1v) is 8.60. The van der Waals surface area contributed by atoms with Crippen LogP contribution in [0.4, 0.5) is 0 Å². The maximum Gasteiger partial charge on any atom is 0.306 e. The highest BCUT2D eigenvalue weighted by atomic mass is 16.4. The van der Waals surface area contributed by atoms with Gasteiger partial charge in [0.05, 0.1) is 5.92 Å². The molecule has 0 aromatic heterocycles. The molecular formula is C17H31NO2. The summed E-state index contributed by atoms with van der Waals surface area (Å²) in [4.78, 5) is 13.8. The Morgan fingerprint density at radius 3 is 2.65 bits per heavy atom. The van der Waals surface area contributed by atoms with Crippen LogP contribution in [0.2, 0.25) is 0 Å². The normalized spacial score (nSPS) is 36.5. The number of carboxylic acids is 1. The summed E-state index contributed by atoms with van der Waals surface area (Å²) in [6, 6.07) is 1.15. The van der Waals surface area contributed by atoms with Crippen LogP contribution in [0.15, 0.2) is 0 Å². The average Bonchev–Trinajstić information content (AvgIpc) is 2.65. The molecule has 0 amide bonds. The Bertz CT molecular complexity index is 318. The van der Waals surface area contributed by atoms with Gasteiger partial charge in [-0.1, -0.05) is 32.6 Å². The molecule has 3 nitrogen and oxygen atoms in total. The molecule has 2 rings (SSSR count). The number of aliphatic carboxylic acids is 1. The minimum absolute atomic E-state index is 0.111. The second-order valence-electron chi connectivity index (χ2n) is 6.96. The van der Waals surface area contributed by atoms with E-state index in [1.54, 1.807) is 0 Å². The summed E-state index contributed by atoms with van der Waals surface area (Å²) in [5.74, 6) is 0.233. The van der Waals surface area contributed by atoms with Crippen LogP contribution in [-0.2, 0) is 4.79 Å². The molecule has 4 atom stereocenters. The van der Waals surface area contributed by atoms with Crippen LogP contribution in [0.25, 0.3) is 0 Å². The largest absolute Gasteiger partial charge is 0.481 e. The van der Waals surface area contributed by atoms with Gasteiger partial charge in [0.1, 0.15) is 0 Å². The Balaban J connectivity index is 1.87. The van der Waals surface area contributed by atoms with Crippen molar-refractivity contribution in [2.24, 2.45) is 11.8 Å². The molecule has 0 aromatic rings. The standard InChI is InChI=1S/C17H31NO2/c1-3-5-14-6-4-7-16(9-8-14)18-11-10-15(17(19)20)12-13(18)2/h13-16H,3-12H2,1-2H3,(H,19,20). The van der Waals surface area contributed by atoms with Crippen LogP contribution in [-0.4, -0.2) is 34.6 Å². The van der Waals surface area contributed by atoms with Crippen molar-refractivity contribution in [1.82, 2.24) is 4.90 Å². The van der Waals surface area contributed by atoms with Crippen LogP contribution >= 0.6 is 0 Å². The van der Waals surface area contributed by atoms with Gasteiger partial charge in [-0.2, -0.15) is 0 Å². The molecule has 3 heteroatoms. The molecule has 0 aromatic carbocycles. The van der Waals surface area contributed by atoms with Gasteiger partial charge in [-0.3, -0.25) is 9.69 Å². The summed E-state index contributed by atoms with van der Waals surface area (Å²) >= 11 is 0. The summed E-state index contributed by atoms with van der Waals surface area (Å²) in [6.45, 7) is 5.51. The van der Waals surface area contributed by atoms with E-state index in [1.165, 1.54) is 44.9 Å². The predicted octanol–water partition coefficient (Wildman–Crippen LogP) is 3.92. The molecule has 4 unspecified atom stereocenters. The number of hydrogen-bond donors (Lipinski definition) is 1. The minimum atomic E-state index is -0.597. The van der Waals surface area contributed by atoms with Gasteiger partial charge in [0, 0.05) is 12.1 Å². The summed E-state index contributed by atoms with van der Waals surface area (Å²) < 4.78 is 0. The van der Waals surface area contributed by atoms with E-state index in [0.717, 1.165) is 25.3 Å². The number of hydrogen-bond acceptors (Lipinski definition) is 2. The fraction of sp³-hybridized carbons (Fsp3) is 0.941. The average molecular weight is 281 g/mol. The van der Waals surface area contributed by atoms with E-state index in [0.29, 0.717) is 12.1 Å². The number of carboxylic acid groups (broad SMARTS) is 1. The molecule has 0 spiro atoms. The maximum absolute atomic E-state index is 11.1. The topological polar surface area (TPSA) is 40.5 Å². The molecule has 1 saturated heterocycles. The molecule has 0 radical (unpaired) electrons. The van der Waals surface area contributed by atoms with Gasteiger partial charge in [0.25, 0.3) is 0 Å². The van der Waals surface area contributed by atoms with Gasteiger partial charge >= 0.3 is 5.97 Å². The van der Waals surface area contributed by atoms with Crippen LogP contribution < -0.4 is 0 Å². The lowest BCUT2D eigenvalue weighted by molar-refractivity contribution is -0.144. The van der Waals surface area contributed by atoms with Crippen molar-refractivity contribution in [3.8, 4) is 0 Å². The molecule has 2 fully saturated rings. The molecule has 116 valence electrons. The van der Waals surface area contributed by atoms with Crippen LogP contribution in [0, 0.1) is 11.8 Å². The summed E-state index contributed by atoms with van der Waals surface area (Å²) in [6.07, 6.45) is 11.2. The van der Waals surface area contributed by atoms with Crippen molar-refractivity contribution in [3.63, 3.8) is 0 Å². The molecule has 1 aliphatic heterocycles. The third-order valence-electron chi connectivity index (χ3n) is 5.50. The Labute approximate surface area is 123 Å². The number of rotatable bonds is 4. The van der Waals surface area contributed by atoms with E-state index in [-0.39, 0.29) is 5.92 Å². The van der Waals surface area contributed by atoms with Crippen LogP contribution in [0.1, 0.15) is 71.6 Å². The Morgan fingerprint density at radius 1 is 1.20 bits per heavy atom. The van der Waals surface area contributed by atoms with Crippen LogP contribution in [0.5, 0.6) is 0 Å². The number of nitrogens with zero attached hydrogens (tertiary/aromatic N) is 1. The van der Waals surface area contributed by atoms with Crippen molar-refractivity contribution < 1.29 is 9.90 Å². The quantitative estimate of drug-likeness (QED) is 0.794. The van der Waals surface area contributed by atoms with E-state index >= 15 is 0 Å². The number of carbonyl (C=O) groups is 1. The number of likely N-dealkylation sites (tertiary alicyclic amines) is 1. The Kier molecular flexibility index (Phi) is 5.88. The fourth-order valence-electron chi connectivity index (χ4n) is 4.34. The number of piperidine rings is 1. The molecule has 2 aliphatic rings. The van der Waals surface area contributed by atoms with Gasteiger partial charge in [-0.15, -0.1) is 0 Å². The monoisotopic (exact) mass is 281 g/mol. The molecule has 0 bridgehead atoms. The lowest BCUT2D eigenvalue weighted by atomic mass is 9.89. The second-order valence-corrected chi connectivity index (χ2v) is 6.96. The maximum atomic E-state index is 11.1. The van der Waals surface area contributed by atoms with E-state index in [9.17, 15) is 9.90 Å². The first kappa shape index (κ1) is 15.8. The first-order chi connectivity index (χ1) is 9.61. The second kappa shape index (κ2) is 7.44. The molecule has 1 aliphatic carbocycles. The van der Waals surface area contributed by atoms with Gasteiger partial charge in [-0.25, -0.2) is 0 Å². The SMILES string of the molecule is CCCC1CCCC(N2CCC(C(=O)O)CC2C)CC1. The van der Waals surface area contributed by atoms with Crippen molar-refractivity contribution >= 4 is 5.97 Å². The third-order valence-corrected chi connectivity index (χ3v) is 5.50. The van der Waals surface area contributed by atoms with Crippen molar-refractivity contribution in [1.29, 1.82) is 0 Å². The lowest BCUT2D eigenvalue weighted by Gasteiger charge is -2.41. The first-order valence-electron chi connectivity index (χ1n) is 8.60. The minimum Gasteiger partial charge on any atom is -0.481 e. The van der Waals surface area contributed by atoms with Gasteiger partial charge < -0.3 is 5.11 Å². The summed E-state index contributed by atoms with van der Waals surface area (Å²) in [5, 5.41) is 9.17. The van der Waals surface area contributed by atoms with Gasteiger partial charge in [0.2, 0.25) is 0 Å². The van der Waals surface area contributed by atoms with Gasteiger partial charge in [-0.05, 0) is 51.5 Å². The van der Waals surface area contributed by atoms with Gasteiger partial charge in [0.15, 0.2) is 0 Å². The predicted molar refractivity (Wildman–Crippen MR) is 81.8 cm³/mol. The fourth-order valence-corrected chi connectivity index (χ4v) is 4.34. The molecule has 1 saturated carbocycles. The van der Waals surface area contributed by atoms with E-state index in [1.807, 2.05) is 0 Å². The zero-order chi connectivity index (χ0) is 14.5. The summed E-state index contributed by atoms with van der Waals surface area (Å²) in [7, 11) is 0. The highest BCUT2D eigenvalue weighted by Crippen LogP contribution is 2.33. The Morgan fingerprint density at radius 2 is 2.00 bits per heavy atom. The zero-order valence-corrected chi connectivity index (χ0v) is 13.2. The van der Waals surface area contributed by atoms with Crippen molar-refractivity contribution in [3.05, 3.63) is 0 Å². The highest BCUT2D eigenvalue weighted by Gasteiger charge is 2.34. The molecule has 1 N–H and O–H groups in total. The third kappa shape index (κ3) is 3.97. The molecule has 20 heavy (non-hydrogen) atoms. The van der Waals surface area contributed by atoms with Crippen molar-refractivity contribution in [2.45, 2.75) is 83.7 Å². The van der Waals surface area contributed by atoms with E-state index in [2.05, 4.69) is 18.7 Å². The zero-order valence-electron chi connectivity index (χ0n) is 13.2. The van der Waals surface area contributed by atoms with Crippen molar-refractivity contribution in [2.75, 3.05) is 6.54 Å². The smallest absolute Gasteiger partial charge is 0.306 e. The van der Waals surface area contributed by atoms with Crippen LogP contribution in [0.3, 0.4) is 0 Å². The Hall–Kier alpha value is -0.570. The summed E-state index contributed by atoms with van der Waals surface area (Å²) in [5.41, 5.74) is 0. The van der Waals surface area contributed by atoms with E-state index in [4.69, 9.17) is 0 Å². The van der Waals surface area contributed by atoms with E-state index < -0.39 is 5.97 Å². The molecular weight excluding hydrogens is 250 g/mol. The molecule has 1 heterocycles.